The van der Waals surface area contributed by atoms with E-state index >= 15 is 0 Å². The van der Waals surface area contributed by atoms with Gasteiger partial charge in [-0.05, 0) is 47.5 Å². The lowest BCUT2D eigenvalue weighted by atomic mass is 10.1. The van der Waals surface area contributed by atoms with E-state index in [4.69, 9.17) is 23.2 Å². The molecular formula is C24H20Cl2FN3O2S. The minimum absolute atomic E-state index is 0.186. The summed E-state index contributed by atoms with van der Waals surface area (Å²) in [6, 6.07) is 16.3. The Bertz CT molecular complexity index is 1210. The van der Waals surface area contributed by atoms with Gasteiger partial charge in [-0.1, -0.05) is 47.5 Å². The van der Waals surface area contributed by atoms with Gasteiger partial charge < -0.3 is 16.0 Å². The summed E-state index contributed by atoms with van der Waals surface area (Å²) >= 11 is 13.7. The second-order valence-electron chi connectivity index (χ2n) is 7.47. The van der Waals surface area contributed by atoms with Gasteiger partial charge in [0, 0.05) is 33.7 Å². The van der Waals surface area contributed by atoms with Crippen molar-refractivity contribution < 1.29 is 14.0 Å². The third-order valence-corrected chi connectivity index (χ3v) is 6.95. The highest BCUT2D eigenvalue weighted by Gasteiger charge is 2.26. The van der Waals surface area contributed by atoms with Crippen LogP contribution in [-0.2, 0) is 17.1 Å². The van der Waals surface area contributed by atoms with Gasteiger partial charge in [0.25, 0.3) is 5.91 Å². The summed E-state index contributed by atoms with van der Waals surface area (Å²) in [5, 5.41) is 9.88. The number of hydrogen-bond donors (Lipinski definition) is 3. The summed E-state index contributed by atoms with van der Waals surface area (Å²) in [6.45, 7) is 0.303. The maximum absolute atomic E-state index is 13.2. The topological polar surface area (TPSA) is 70.2 Å². The van der Waals surface area contributed by atoms with Gasteiger partial charge in [0.15, 0.2) is 0 Å². The van der Waals surface area contributed by atoms with E-state index in [-0.39, 0.29) is 17.6 Å². The zero-order chi connectivity index (χ0) is 23.4. The molecule has 9 heteroatoms. The molecular weight excluding hydrogens is 484 g/mol. The lowest BCUT2D eigenvalue weighted by Crippen LogP contribution is -2.40. The first-order valence-corrected chi connectivity index (χ1v) is 12.1. The normalized spacial score (nSPS) is 14.8. The number of thioether (sulfide) groups is 1. The number of amides is 2. The first kappa shape index (κ1) is 23.4. The van der Waals surface area contributed by atoms with Crippen molar-refractivity contribution in [3.63, 3.8) is 0 Å². The molecule has 0 aliphatic carbocycles. The predicted molar refractivity (Wildman–Crippen MR) is 133 cm³/mol. The van der Waals surface area contributed by atoms with E-state index in [0.29, 0.717) is 39.3 Å². The molecule has 2 amide bonds. The number of anilines is 2. The van der Waals surface area contributed by atoms with Crippen molar-refractivity contribution in [3.8, 4) is 0 Å². The fourth-order valence-electron chi connectivity index (χ4n) is 3.35. The second kappa shape index (κ2) is 10.5. The summed E-state index contributed by atoms with van der Waals surface area (Å²) in [5.41, 5.74) is 3.35. The van der Waals surface area contributed by atoms with Crippen molar-refractivity contribution in [1.82, 2.24) is 5.32 Å². The molecule has 3 aromatic carbocycles. The zero-order valence-electron chi connectivity index (χ0n) is 17.3. The third-order valence-electron chi connectivity index (χ3n) is 5.14. The molecule has 3 N–H and O–H groups in total. The molecule has 3 aromatic rings. The number of rotatable bonds is 7. The molecule has 1 aliphatic rings. The first-order chi connectivity index (χ1) is 15.9. The molecule has 0 spiro atoms. The molecule has 0 radical (unpaired) electrons. The van der Waals surface area contributed by atoms with Crippen LogP contribution in [0, 0.1) is 5.82 Å². The van der Waals surface area contributed by atoms with Crippen LogP contribution in [0.4, 0.5) is 15.8 Å². The van der Waals surface area contributed by atoms with Crippen LogP contribution in [-0.4, -0.2) is 23.6 Å². The Hall–Kier alpha value is -2.74. The number of halogens is 3. The standard InChI is InChI=1S/C24H20Cl2FN3O2S/c25-18-4-2-1-3-15(18)11-28-23(31)14-6-8-20-21(9-14)30-24(32)22(29-20)13-33-12-16-5-7-17(27)10-19(16)26/h1-10,22,29H,11-13H2,(H,28,31)(H,30,32). The molecule has 0 bridgehead atoms. The minimum atomic E-state index is -0.443. The van der Waals surface area contributed by atoms with E-state index in [9.17, 15) is 14.0 Å². The monoisotopic (exact) mass is 503 g/mol. The number of benzene rings is 3. The minimum Gasteiger partial charge on any atom is -0.371 e. The number of nitrogens with one attached hydrogen (secondary N) is 3. The molecule has 0 saturated heterocycles. The Balaban J connectivity index is 1.34. The fraction of sp³-hybridized carbons (Fsp3) is 0.167. The van der Waals surface area contributed by atoms with Gasteiger partial charge in [-0.15, -0.1) is 0 Å². The average Bonchev–Trinajstić information content (AvgIpc) is 2.79. The van der Waals surface area contributed by atoms with Crippen molar-refractivity contribution in [2.24, 2.45) is 0 Å². The molecule has 33 heavy (non-hydrogen) atoms. The van der Waals surface area contributed by atoms with Crippen LogP contribution in [0.15, 0.2) is 60.7 Å². The number of fused-ring (bicyclic) bond motifs is 1. The van der Waals surface area contributed by atoms with Crippen LogP contribution in [0.5, 0.6) is 0 Å². The van der Waals surface area contributed by atoms with Crippen LogP contribution < -0.4 is 16.0 Å². The molecule has 1 aliphatic heterocycles. The molecule has 170 valence electrons. The van der Waals surface area contributed by atoms with Crippen LogP contribution in [0.3, 0.4) is 0 Å². The molecule has 5 nitrogen and oxygen atoms in total. The van der Waals surface area contributed by atoms with E-state index < -0.39 is 6.04 Å². The summed E-state index contributed by atoms with van der Waals surface area (Å²) in [6.07, 6.45) is 0. The second-order valence-corrected chi connectivity index (χ2v) is 9.32. The van der Waals surface area contributed by atoms with E-state index in [0.717, 1.165) is 16.8 Å². The molecule has 0 saturated carbocycles. The van der Waals surface area contributed by atoms with Crippen LogP contribution in [0.2, 0.25) is 10.0 Å². The van der Waals surface area contributed by atoms with Gasteiger partial charge in [-0.2, -0.15) is 11.8 Å². The molecule has 4 rings (SSSR count). The van der Waals surface area contributed by atoms with Gasteiger partial charge in [0.2, 0.25) is 5.91 Å². The van der Waals surface area contributed by atoms with Crippen molar-refractivity contribution in [3.05, 3.63) is 93.2 Å². The zero-order valence-corrected chi connectivity index (χ0v) is 19.7. The molecule has 1 unspecified atom stereocenters. The van der Waals surface area contributed by atoms with Gasteiger partial charge in [0.05, 0.1) is 11.4 Å². The van der Waals surface area contributed by atoms with E-state index in [2.05, 4.69) is 16.0 Å². The number of carbonyl (C=O) groups excluding carboxylic acids is 2. The molecule has 1 atom stereocenters. The van der Waals surface area contributed by atoms with Crippen LogP contribution in [0.1, 0.15) is 21.5 Å². The Morgan fingerprint density at radius 3 is 2.61 bits per heavy atom. The summed E-state index contributed by atoms with van der Waals surface area (Å²) < 4.78 is 13.2. The lowest BCUT2D eigenvalue weighted by molar-refractivity contribution is -0.116. The third kappa shape index (κ3) is 5.79. The van der Waals surface area contributed by atoms with E-state index in [1.54, 1.807) is 30.3 Å². The Labute approximate surface area is 205 Å². The number of hydrogen-bond acceptors (Lipinski definition) is 4. The van der Waals surface area contributed by atoms with Crippen molar-refractivity contribution >= 4 is 58.2 Å². The van der Waals surface area contributed by atoms with Gasteiger partial charge >= 0.3 is 0 Å². The maximum Gasteiger partial charge on any atom is 0.251 e. The van der Waals surface area contributed by atoms with E-state index in [1.807, 2.05) is 18.2 Å². The van der Waals surface area contributed by atoms with Crippen molar-refractivity contribution in [1.29, 1.82) is 0 Å². The van der Waals surface area contributed by atoms with Crippen LogP contribution in [0.25, 0.3) is 0 Å². The van der Waals surface area contributed by atoms with Crippen LogP contribution >= 0.6 is 35.0 Å². The Morgan fingerprint density at radius 1 is 1.00 bits per heavy atom. The summed E-state index contributed by atoms with van der Waals surface area (Å²) in [7, 11) is 0. The largest absolute Gasteiger partial charge is 0.371 e. The van der Waals surface area contributed by atoms with Gasteiger partial charge in [0.1, 0.15) is 11.9 Å². The van der Waals surface area contributed by atoms with Gasteiger partial charge in [-0.3, -0.25) is 9.59 Å². The quantitative estimate of drug-likeness (QED) is 0.385. The smallest absolute Gasteiger partial charge is 0.251 e. The van der Waals surface area contributed by atoms with E-state index in [1.165, 1.54) is 23.9 Å². The highest BCUT2D eigenvalue weighted by molar-refractivity contribution is 7.98. The van der Waals surface area contributed by atoms with Crippen molar-refractivity contribution in [2.75, 3.05) is 16.4 Å². The highest BCUT2D eigenvalue weighted by atomic mass is 35.5. The Morgan fingerprint density at radius 2 is 1.82 bits per heavy atom. The average molecular weight is 504 g/mol. The fourth-order valence-corrected chi connectivity index (χ4v) is 4.93. The Kier molecular flexibility index (Phi) is 7.42. The first-order valence-electron chi connectivity index (χ1n) is 10.2. The highest BCUT2D eigenvalue weighted by Crippen LogP contribution is 2.30. The molecule has 0 fully saturated rings. The summed E-state index contributed by atoms with van der Waals surface area (Å²) in [4.78, 5) is 25.1. The maximum atomic E-state index is 13.2. The molecule has 0 aromatic heterocycles. The summed E-state index contributed by atoms with van der Waals surface area (Å²) in [5.74, 6) is 0.228. The van der Waals surface area contributed by atoms with Gasteiger partial charge in [-0.25, -0.2) is 4.39 Å². The lowest BCUT2D eigenvalue weighted by Gasteiger charge is -2.27. The number of carbonyl (C=O) groups is 2. The SMILES string of the molecule is O=C(NCc1ccccc1Cl)c1ccc2c(c1)NC(=O)C(CSCc1ccc(F)cc1Cl)N2. The predicted octanol–water partition coefficient (Wildman–Crippen LogP) is 5.73. The molecule has 1 heterocycles. The van der Waals surface area contributed by atoms with Crippen molar-refractivity contribution in [2.45, 2.75) is 18.3 Å².